The van der Waals surface area contributed by atoms with Crippen molar-refractivity contribution < 1.29 is 14.4 Å². The third kappa shape index (κ3) is 4.45. The molecule has 0 spiro atoms. The van der Waals surface area contributed by atoms with Crippen LogP contribution in [0.15, 0.2) is 0 Å². The molecule has 3 amide bonds. The van der Waals surface area contributed by atoms with Crippen molar-refractivity contribution >= 4 is 17.7 Å². The minimum absolute atomic E-state index is 0.194. The van der Waals surface area contributed by atoms with Crippen LogP contribution in [-0.2, 0) is 14.4 Å². The van der Waals surface area contributed by atoms with E-state index in [4.69, 9.17) is 0 Å². The Balaban J connectivity index is 1.65. The molecule has 0 atom stereocenters. The van der Waals surface area contributed by atoms with Gasteiger partial charge in [-0.2, -0.15) is 0 Å². The van der Waals surface area contributed by atoms with Gasteiger partial charge in [-0.25, -0.2) is 0 Å². The van der Waals surface area contributed by atoms with Gasteiger partial charge < -0.3 is 15.1 Å². The predicted molar refractivity (Wildman–Crippen MR) is 83.1 cm³/mol. The Bertz CT molecular complexity index is 419. The molecule has 2 rings (SSSR count). The highest BCUT2D eigenvalue weighted by Gasteiger charge is 2.26. The van der Waals surface area contributed by atoms with E-state index in [0.29, 0.717) is 25.9 Å². The minimum Gasteiger partial charge on any atom is -0.348 e. The molecule has 1 heterocycles. The van der Waals surface area contributed by atoms with Gasteiger partial charge in [-0.05, 0) is 25.7 Å². The summed E-state index contributed by atoms with van der Waals surface area (Å²) in [7, 11) is 1.72. The van der Waals surface area contributed by atoms with E-state index < -0.39 is 11.8 Å². The van der Waals surface area contributed by atoms with Crippen LogP contribution in [0, 0.1) is 0 Å². The van der Waals surface area contributed by atoms with Crippen LogP contribution in [0.25, 0.3) is 0 Å². The second-order valence-corrected chi connectivity index (χ2v) is 6.30. The van der Waals surface area contributed by atoms with Crippen molar-refractivity contribution in [1.29, 1.82) is 0 Å². The van der Waals surface area contributed by atoms with Gasteiger partial charge in [-0.1, -0.05) is 19.3 Å². The second-order valence-electron chi connectivity index (χ2n) is 6.30. The summed E-state index contributed by atoms with van der Waals surface area (Å²) in [4.78, 5) is 38.9. The summed E-state index contributed by atoms with van der Waals surface area (Å²) in [5, 5.41) is 2.67. The van der Waals surface area contributed by atoms with E-state index in [9.17, 15) is 14.4 Å². The lowest BCUT2D eigenvalue weighted by atomic mass is 9.94. The molecule has 1 N–H and O–H groups in total. The normalized spacial score (nSPS) is 19.3. The second kappa shape index (κ2) is 8.15. The molecular formula is C16H27N3O3. The summed E-state index contributed by atoms with van der Waals surface area (Å²) in [5.41, 5.74) is 0. The summed E-state index contributed by atoms with van der Waals surface area (Å²) in [6, 6.07) is 0.203. The number of hydrogen-bond acceptors (Lipinski definition) is 3. The molecule has 6 heteroatoms. The van der Waals surface area contributed by atoms with Crippen LogP contribution in [0.5, 0.6) is 0 Å². The van der Waals surface area contributed by atoms with Crippen LogP contribution in [-0.4, -0.2) is 60.2 Å². The lowest BCUT2D eigenvalue weighted by Crippen LogP contribution is -2.46. The summed E-state index contributed by atoms with van der Waals surface area (Å²) in [5.74, 6) is -0.774. The van der Waals surface area contributed by atoms with Crippen molar-refractivity contribution in [3.05, 3.63) is 0 Å². The van der Waals surface area contributed by atoms with E-state index in [1.54, 1.807) is 11.9 Å². The van der Waals surface area contributed by atoms with Crippen LogP contribution in [0.4, 0.5) is 0 Å². The molecule has 22 heavy (non-hydrogen) atoms. The monoisotopic (exact) mass is 309 g/mol. The zero-order chi connectivity index (χ0) is 15.9. The Morgan fingerprint density at radius 1 is 1.23 bits per heavy atom. The molecule has 0 radical (unpaired) electrons. The van der Waals surface area contributed by atoms with E-state index in [-0.39, 0.29) is 11.9 Å². The average molecular weight is 309 g/mol. The number of amides is 3. The third-order valence-corrected chi connectivity index (χ3v) is 4.70. The van der Waals surface area contributed by atoms with Gasteiger partial charge in [0.1, 0.15) is 0 Å². The Morgan fingerprint density at radius 3 is 2.59 bits per heavy atom. The van der Waals surface area contributed by atoms with Crippen molar-refractivity contribution in [3.8, 4) is 0 Å². The maximum atomic E-state index is 12.1. The molecule has 124 valence electrons. The molecule has 2 aliphatic rings. The first kappa shape index (κ1) is 16.8. The van der Waals surface area contributed by atoms with Gasteiger partial charge >= 0.3 is 11.8 Å². The lowest BCUT2D eigenvalue weighted by Gasteiger charge is -2.30. The third-order valence-electron chi connectivity index (χ3n) is 4.70. The minimum atomic E-state index is -0.527. The fourth-order valence-electron chi connectivity index (χ4n) is 3.28. The molecule has 0 bridgehead atoms. The fraction of sp³-hybridized carbons (Fsp3) is 0.812. The zero-order valence-corrected chi connectivity index (χ0v) is 13.5. The number of hydrogen-bond donors (Lipinski definition) is 1. The maximum absolute atomic E-state index is 12.1. The van der Waals surface area contributed by atoms with E-state index in [0.717, 1.165) is 38.6 Å². The largest absolute Gasteiger partial charge is 0.348 e. The quantitative estimate of drug-likeness (QED) is 0.606. The summed E-state index contributed by atoms with van der Waals surface area (Å²) in [6.07, 6.45) is 7.73. The molecule has 1 aliphatic carbocycles. The molecule has 0 aromatic heterocycles. The molecule has 0 unspecified atom stereocenters. The number of likely N-dealkylation sites (N-methyl/N-ethyl adjacent to an activating group) is 1. The Hall–Kier alpha value is -1.59. The Labute approximate surface area is 132 Å². The fourth-order valence-corrected chi connectivity index (χ4v) is 3.28. The zero-order valence-electron chi connectivity index (χ0n) is 13.5. The van der Waals surface area contributed by atoms with E-state index in [1.807, 2.05) is 4.90 Å². The van der Waals surface area contributed by atoms with Crippen LogP contribution in [0.3, 0.4) is 0 Å². The highest BCUT2D eigenvalue weighted by atomic mass is 16.2. The number of nitrogens with one attached hydrogen (secondary N) is 1. The molecule has 2 fully saturated rings. The summed E-state index contributed by atoms with van der Waals surface area (Å²) < 4.78 is 0. The van der Waals surface area contributed by atoms with Crippen molar-refractivity contribution in [2.75, 3.05) is 26.7 Å². The van der Waals surface area contributed by atoms with Crippen LogP contribution < -0.4 is 5.32 Å². The van der Waals surface area contributed by atoms with Gasteiger partial charge in [0.15, 0.2) is 0 Å². The van der Waals surface area contributed by atoms with E-state index in [2.05, 4.69) is 5.32 Å². The lowest BCUT2D eigenvalue weighted by molar-refractivity contribution is -0.146. The number of carbonyl (C=O) groups is 3. The van der Waals surface area contributed by atoms with Crippen molar-refractivity contribution in [2.45, 2.75) is 57.4 Å². The summed E-state index contributed by atoms with van der Waals surface area (Å²) in [6.45, 7) is 1.91. The Kier molecular flexibility index (Phi) is 6.21. The van der Waals surface area contributed by atoms with Gasteiger partial charge in [0.05, 0.1) is 0 Å². The first-order valence-electron chi connectivity index (χ1n) is 8.42. The number of rotatable bonds is 5. The SMILES string of the molecule is CN(C(=O)C(=O)NCCCN1CCCC1=O)C1CCCCC1. The van der Waals surface area contributed by atoms with Crippen molar-refractivity contribution in [2.24, 2.45) is 0 Å². The average Bonchev–Trinajstić information content (AvgIpc) is 2.96. The van der Waals surface area contributed by atoms with Crippen LogP contribution in [0.1, 0.15) is 51.4 Å². The van der Waals surface area contributed by atoms with Gasteiger partial charge in [-0.3, -0.25) is 14.4 Å². The van der Waals surface area contributed by atoms with Gasteiger partial charge in [0.2, 0.25) is 5.91 Å². The van der Waals surface area contributed by atoms with Gasteiger partial charge in [0.25, 0.3) is 0 Å². The maximum Gasteiger partial charge on any atom is 0.311 e. The van der Waals surface area contributed by atoms with E-state index in [1.165, 1.54) is 6.42 Å². The number of likely N-dealkylation sites (tertiary alicyclic amines) is 1. The molecule has 0 aromatic carbocycles. The highest BCUT2D eigenvalue weighted by molar-refractivity contribution is 6.35. The first-order chi connectivity index (χ1) is 10.6. The first-order valence-corrected chi connectivity index (χ1v) is 8.42. The predicted octanol–water partition coefficient (Wildman–Crippen LogP) is 0.906. The highest BCUT2D eigenvalue weighted by Crippen LogP contribution is 2.21. The topological polar surface area (TPSA) is 69.7 Å². The number of nitrogens with zero attached hydrogens (tertiary/aromatic N) is 2. The standard InChI is InChI=1S/C16H27N3O3/c1-18(13-7-3-2-4-8-13)16(22)15(21)17-10-6-12-19-11-5-9-14(19)20/h13H,2-12H2,1H3,(H,17,21). The van der Waals surface area contributed by atoms with Crippen LogP contribution >= 0.6 is 0 Å². The summed E-state index contributed by atoms with van der Waals surface area (Å²) >= 11 is 0. The molecule has 1 aliphatic heterocycles. The number of carbonyl (C=O) groups excluding carboxylic acids is 3. The van der Waals surface area contributed by atoms with Gasteiger partial charge in [-0.15, -0.1) is 0 Å². The smallest absolute Gasteiger partial charge is 0.311 e. The molecule has 6 nitrogen and oxygen atoms in total. The Morgan fingerprint density at radius 2 is 1.95 bits per heavy atom. The van der Waals surface area contributed by atoms with Crippen molar-refractivity contribution in [3.63, 3.8) is 0 Å². The molecule has 1 saturated heterocycles. The molecular weight excluding hydrogens is 282 g/mol. The van der Waals surface area contributed by atoms with Gasteiger partial charge in [0, 0.05) is 39.1 Å². The molecule has 0 aromatic rings. The van der Waals surface area contributed by atoms with E-state index >= 15 is 0 Å². The van der Waals surface area contributed by atoms with Crippen LogP contribution in [0.2, 0.25) is 0 Å². The molecule has 1 saturated carbocycles. The van der Waals surface area contributed by atoms with Crippen molar-refractivity contribution in [1.82, 2.24) is 15.1 Å².